The van der Waals surface area contributed by atoms with Gasteiger partial charge in [-0.15, -0.1) is 0 Å². The topological polar surface area (TPSA) is 74.8 Å². The van der Waals surface area contributed by atoms with E-state index in [2.05, 4.69) is 0 Å². The molecule has 39 heavy (non-hydrogen) atoms. The number of benzene rings is 2. The van der Waals surface area contributed by atoms with Gasteiger partial charge < -0.3 is 59.5 Å². The van der Waals surface area contributed by atoms with Crippen LogP contribution in [0.2, 0.25) is 0 Å². The summed E-state index contributed by atoms with van der Waals surface area (Å²) in [6.07, 6.45) is 1.16. The Bertz CT molecular complexity index is 1250. The average Bonchev–Trinajstić information content (AvgIpc) is 3.30. The molecule has 0 aromatic heterocycles. The molecule has 2 unspecified atom stereocenters. The molecule has 6 nitrogen and oxygen atoms in total. The van der Waals surface area contributed by atoms with Crippen LogP contribution >= 0.6 is 24.4 Å². The number of rotatable bonds is 6. The Kier molecular flexibility index (Phi) is 12.4. The summed E-state index contributed by atoms with van der Waals surface area (Å²) in [6.45, 7) is 4.99. The molecule has 0 radical (unpaired) electrons. The zero-order valence-corrected chi connectivity index (χ0v) is 28.4. The molecule has 0 amide bonds. The molecule has 2 aromatic rings. The van der Waals surface area contributed by atoms with Gasteiger partial charge in [0.1, 0.15) is 0 Å². The Balaban J connectivity index is 0.000000267. The fraction of sp³-hybridized carbons (Fsp3) is 0.462. The van der Waals surface area contributed by atoms with Crippen molar-refractivity contribution in [2.45, 2.75) is 50.9 Å². The minimum Gasteiger partial charge on any atom is -0.411 e. The number of hydrogen-bond donors (Lipinski definition) is 0. The Morgan fingerprint density at radius 1 is 0.718 bits per heavy atom. The fourth-order valence-electron chi connectivity index (χ4n) is 4.90. The van der Waals surface area contributed by atoms with Crippen molar-refractivity contribution < 1.29 is 16.8 Å². The predicted octanol–water partition coefficient (Wildman–Crippen LogP) is 3.41. The summed E-state index contributed by atoms with van der Waals surface area (Å²) < 4.78 is 47.6. The summed E-state index contributed by atoms with van der Waals surface area (Å²) in [4.78, 5) is 3.75. The monoisotopic (exact) mass is 652 g/mol. The van der Waals surface area contributed by atoms with Gasteiger partial charge >= 0.3 is 23.1 Å². The van der Waals surface area contributed by atoms with Crippen molar-refractivity contribution in [1.29, 1.82) is 0 Å². The zero-order chi connectivity index (χ0) is 28.2. The Morgan fingerprint density at radius 3 is 1.26 bits per heavy atom. The molecule has 2 heterocycles. The quantitative estimate of drug-likeness (QED) is 0.263. The smallest absolute Gasteiger partial charge is 0.411 e. The largest absolute Gasteiger partial charge is 2.00 e. The molecule has 2 fully saturated rings. The summed E-state index contributed by atoms with van der Waals surface area (Å²) in [5, 5.41) is 0. The molecular weight excluding hydrogens is 621 g/mol. The van der Waals surface area contributed by atoms with Crippen molar-refractivity contribution in [1.82, 2.24) is 9.80 Å². The van der Waals surface area contributed by atoms with Crippen LogP contribution in [0.25, 0.3) is 0 Å². The molecule has 13 heteroatoms. The van der Waals surface area contributed by atoms with Gasteiger partial charge in [-0.2, -0.15) is 0 Å². The van der Waals surface area contributed by atoms with Crippen molar-refractivity contribution in [3.63, 3.8) is 0 Å². The number of nitrogens with zero attached hydrogens (tertiary/aromatic N) is 2. The van der Waals surface area contributed by atoms with Crippen molar-refractivity contribution in [2.75, 3.05) is 23.0 Å². The summed E-state index contributed by atoms with van der Waals surface area (Å²) in [7, 11) is -5.94. The van der Waals surface area contributed by atoms with Crippen LogP contribution in [-0.2, 0) is 58.0 Å². The number of sulfone groups is 2. The van der Waals surface area contributed by atoms with E-state index in [4.69, 9.17) is 49.7 Å². The second kappa shape index (κ2) is 14.0. The van der Waals surface area contributed by atoms with Gasteiger partial charge in [0.15, 0.2) is 19.7 Å². The first-order chi connectivity index (χ1) is 17.6. The normalized spacial score (nSPS) is 24.5. The second-order valence-corrected chi connectivity index (χ2v) is 16.8. The molecule has 208 valence electrons. The Morgan fingerprint density at radius 2 is 1.03 bits per heavy atom. The van der Waals surface area contributed by atoms with E-state index in [-0.39, 0.29) is 46.1 Å². The third-order valence-electron chi connectivity index (χ3n) is 7.08. The summed E-state index contributed by atoms with van der Waals surface area (Å²) in [6, 6.07) is 19.7. The molecule has 2 aliphatic heterocycles. The van der Waals surface area contributed by atoms with E-state index in [0.29, 0.717) is 34.6 Å². The van der Waals surface area contributed by atoms with E-state index in [1.165, 1.54) is 0 Å². The molecule has 2 atom stereocenters. The van der Waals surface area contributed by atoms with Crippen LogP contribution in [0.5, 0.6) is 0 Å². The maximum atomic E-state index is 11.7. The van der Waals surface area contributed by atoms with E-state index < -0.39 is 30.8 Å². The van der Waals surface area contributed by atoms with Crippen LogP contribution < -0.4 is 0 Å². The first-order valence-electron chi connectivity index (χ1n) is 12.1. The molecule has 0 saturated carbocycles. The van der Waals surface area contributed by atoms with E-state index in [1.807, 2.05) is 84.3 Å². The van der Waals surface area contributed by atoms with Gasteiger partial charge in [0, 0.05) is 13.1 Å². The molecule has 0 N–H and O–H groups in total. The van der Waals surface area contributed by atoms with Crippen LogP contribution in [0, 0.1) is 0 Å². The van der Waals surface area contributed by atoms with Gasteiger partial charge in [0.05, 0.1) is 34.1 Å². The summed E-state index contributed by atoms with van der Waals surface area (Å²) >= 11 is 20.6. The summed E-state index contributed by atoms with van der Waals surface area (Å²) in [5.41, 5.74) is 1.21. The number of thiocarbonyl (C=S) groups is 2. The standard InChI is InChI=1S/2C13H17NO2S3.Mg/c2*1-13(7-8-19(15,16)10-13)14(12(17)18)9-11-5-3-2-4-6-11;/h2*2-6H,7-10H2,1H3,(H,17,18);/q;;+2/p-2. The molecule has 2 aromatic carbocycles. The van der Waals surface area contributed by atoms with Crippen molar-refractivity contribution in [2.24, 2.45) is 0 Å². The van der Waals surface area contributed by atoms with Gasteiger partial charge in [0.25, 0.3) is 0 Å². The molecule has 4 rings (SSSR count). The minimum atomic E-state index is -2.97. The van der Waals surface area contributed by atoms with Crippen LogP contribution in [-0.4, -0.2) is 92.4 Å². The van der Waals surface area contributed by atoms with Gasteiger partial charge in [-0.3, -0.25) is 0 Å². The Labute approximate surface area is 271 Å². The molecule has 2 saturated heterocycles. The van der Waals surface area contributed by atoms with Crippen molar-refractivity contribution in [3.05, 3.63) is 71.8 Å². The van der Waals surface area contributed by atoms with E-state index in [9.17, 15) is 16.8 Å². The van der Waals surface area contributed by atoms with Gasteiger partial charge in [0.2, 0.25) is 0 Å². The minimum absolute atomic E-state index is 0. The van der Waals surface area contributed by atoms with Crippen LogP contribution in [0.4, 0.5) is 0 Å². The van der Waals surface area contributed by atoms with Crippen molar-refractivity contribution in [3.8, 4) is 0 Å². The van der Waals surface area contributed by atoms with Crippen molar-refractivity contribution >= 4 is 101 Å². The Hall–Kier alpha value is -0.674. The molecule has 0 aliphatic carbocycles. The van der Waals surface area contributed by atoms with Crippen LogP contribution in [0.15, 0.2) is 60.7 Å². The third kappa shape index (κ3) is 9.69. The van der Waals surface area contributed by atoms with Gasteiger partial charge in [-0.05, 0) is 37.8 Å². The first kappa shape index (κ1) is 34.5. The first-order valence-corrected chi connectivity index (χ1v) is 17.4. The van der Waals surface area contributed by atoms with Crippen LogP contribution in [0.1, 0.15) is 37.8 Å². The zero-order valence-electron chi connectivity index (χ0n) is 22.1. The average molecular weight is 653 g/mol. The molecular formula is C26H32MgN2O4S6. The van der Waals surface area contributed by atoms with E-state index in [1.54, 1.807) is 0 Å². The third-order valence-corrected chi connectivity index (χ3v) is 11.7. The maximum Gasteiger partial charge on any atom is 2.00 e. The summed E-state index contributed by atoms with van der Waals surface area (Å²) in [5.74, 6) is 0.687. The SMILES string of the molecule is CC1(N(Cc2ccccc2)C(=S)[S-])CCS(=O)(=O)C1.CC1(N(Cc2ccccc2)C(=S)[S-])CCS(=O)(=O)C1.[Mg+2]. The molecule has 0 spiro atoms. The van der Waals surface area contributed by atoms with Gasteiger partial charge in [-0.1, -0.05) is 69.3 Å². The second-order valence-electron chi connectivity index (χ2n) is 10.4. The van der Waals surface area contributed by atoms with E-state index in [0.717, 1.165) is 11.1 Å². The molecule has 0 bridgehead atoms. The van der Waals surface area contributed by atoms with Crippen LogP contribution in [0.3, 0.4) is 0 Å². The van der Waals surface area contributed by atoms with Gasteiger partial charge in [-0.25, -0.2) is 16.8 Å². The van der Waals surface area contributed by atoms with E-state index >= 15 is 0 Å². The number of hydrogen-bond acceptors (Lipinski definition) is 8. The fourth-order valence-corrected chi connectivity index (χ4v) is 10.3. The predicted molar refractivity (Wildman–Crippen MR) is 173 cm³/mol. The molecule has 2 aliphatic rings. The maximum absolute atomic E-state index is 11.7.